The minimum atomic E-state index is -0.154. The molecule has 0 aliphatic heterocycles. The van der Waals surface area contributed by atoms with Gasteiger partial charge in [0.05, 0.1) is 18.8 Å². The van der Waals surface area contributed by atoms with Gasteiger partial charge in [-0.3, -0.25) is 4.79 Å². The van der Waals surface area contributed by atoms with Crippen LogP contribution < -0.4 is 10.6 Å². The fourth-order valence-corrected chi connectivity index (χ4v) is 1.49. The quantitative estimate of drug-likeness (QED) is 0.594. The van der Waals surface area contributed by atoms with Crippen LogP contribution in [-0.4, -0.2) is 37.7 Å². The average Bonchev–Trinajstić information content (AvgIpc) is 2.30. The minimum absolute atomic E-state index is 0.154. The predicted molar refractivity (Wildman–Crippen MR) is 67.4 cm³/mol. The van der Waals surface area contributed by atoms with Gasteiger partial charge in [-0.05, 0) is 18.6 Å². The summed E-state index contributed by atoms with van der Waals surface area (Å²) in [6, 6.07) is 1.79. The first-order valence-corrected chi connectivity index (χ1v) is 5.63. The van der Waals surface area contributed by atoms with Crippen molar-refractivity contribution in [1.29, 1.82) is 0 Å². The minimum Gasteiger partial charge on any atom is -0.383 e. The Morgan fingerprint density at radius 3 is 3.00 bits per heavy atom. The van der Waals surface area contributed by atoms with Crippen LogP contribution in [0.25, 0.3) is 0 Å². The van der Waals surface area contributed by atoms with Crippen molar-refractivity contribution in [2.45, 2.75) is 6.92 Å². The second kappa shape index (κ2) is 7.21. The predicted octanol–water partition coefficient (Wildman–Crippen LogP) is 1.22. The molecule has 1 heterocycles. The molecule has 1 amide bonds. The third kappa shape index (κ3) is 4.68. The summed E-state index contributed by atoms with van der Waals surface area (Å²) in [5, 5.41) is 5.96. The molecule has 0 radical (unpaired) electrons. The molecule has 0 aliphatic rings. The molecular formula is C11H16ClN3O2. The van der Waals surface area contributed by atoms with E-state index in [1.54, 1.807) is 19.4 Å². The van der Waals surface area contributed by atoms with Crippen molar-refractivity contribution >= 4 is 23.2 Å². The number of anilines is 1. The number of pyridine rings is 1. The van der Waals surface area contributed by atoms with Gasteiger partial charge in [-0.2, -0.15) is 0 Å². The summed E-state index contributed by atoms with van der Waals surface area (Å²) >= 11 is 5.89. The number of nitrogens with zero attached hydrogens (tertiary/aromatic N) is 1. The second-order valence-corrected chi connectivity index (χ2v) is 3.87. The molecule has 0 bridgehead atoms. The summed E-state index contributed by atoms with van der Waals surface area (Å²) in [4.78, 5) is 15.5. The van der Waals surface area contributed by atoms with Crippen LogP contribution in [0.4, 0.5) is 5.69 Å². The molecule has 1 rings (SSSR count). The maximum atomic E-state index is 11.6. The number of hydrogen-bond acceptors (Lipinski definition) is 4. The maximum Gasteiger partial charge on any atom is 0.238 e. The smallest absolute Gasteiger partial charge is 0.238 e. The monoisotopic (exact) mass is 257 g/mol. The Kier molecular flexibility index (Phi) is 5.90. The number of amides is 1. The molecule has 0 atom stereocenters. The molecule has 0 saturated carbocycles. The SMILES string of the molecule is COCCNCC(=O)Nc1c(C)ccnc1Cl. The highest BCUT2D eigenvalue weighted by atomic mass is 35.5. The average molecular weight is 258 g/mol. The van der Waals surface area contributed by atoms with Crippen molar-refractivity contribution in [3.05, 3.63) is 23.0 Å². The fraction of sp³-hybridized carbons (Fsp3) is 0.455. The van der Waals surface area contributed by atoms with Crippen molar-refractivity contribution in [2.24, 2.45) is 0 Å². The number of carbonyl (C=O) groups is 1. The molecule has 94 valence electrons. The summed E-state index contributed by atoms with van der Waals surface area (Å²) < 4.78 is 4.85. The fourth-order valence-electron chi connectivity index (χ4n) is 1.24. The van der Waals surface area contributed by atoms with Gasteiger partial charge in [0.2, 0.25) is 5.91 Å². The van der Waals surface area contributed by atoms with Gasteiger partial charge in [-0.15, -0.1) is 0 Å². The van der Waals surface area contributed by atoms with Crippen molar-refractivity contribution in [2.75, 3.05) is 32.1 Å². The topological polar surface area (TPSA) is 63.2 Å². The number of nitrogens with one attached hydrogen (secondary N) is 2. The number of hydrogen-bond donors (Lipinski definition) is 2. The van der Waals surface area contributed by atoms with Gasteiger partial charge >= 0.3 is 0 Å². The van der Waals surface area contributed by atoms with Crippen LogP contribution >= 0.6 is 11.6 Å². The standard InChI is InChI=1S/C11H16ClN3O2/c1-8-3-4-14-11(12)10(8)15-9(16)7-13-5-6-17-2/h3-4,13H,5-7H2,1-2H3,(H,15,16). The summed E-state index contributed by atoms with van der Waals surface area (Å²) in [5.74, 6) is -0.154. The first-order chi connectivity index (χ1) is 8.15. The summed E-state index contributed by atoms with van der Waals surface area (Å²) in [7, 11) is 1.61. The number of carbonyl (C=O) groups excluding carboxylic acids is 1. The Morgan fingerprint density at radius 2 is 2.35 bits per heavy atom. The zero-order valence-corrected chi connectivity index (χ0v) is 10.7. The molecule has 0 aliphatic carbocycles. The molecular weight excluding hydrogens is 242 g/mol. The van der Waals surface area contributed by atoms with E-state index in [1.165, 1.54) is 0 Å². The highest BCUT2D eigenvalue weighted by Crippen LogP contribution is 2.22. The summed E-state index contributed by atoms with van der Waals surface area (Å²) in [6.07, 6.45) is 1.60. The van der Waals surface area contributed by atoms with Crippen LogP contribution in [0.15, 0.2) is 12.3 Å². The number of aryl methyl sites for hydroxylation is 1. The number of aromatic nitrogens is 1. The van der Waals surface area contributed by atoms with E-state index in [0.29, 0.717) is 24.0 Å². The van der Waals surface area contributed by atoms with E-state index in [4.69, 9.17) is 16.3 Å². The van der Waals surface area contributed by atoms with Crippen LogP contribution in [0.2, 0.25) is 5.15 Å². The molecule has 0 unspecified atom stereocenters. The highest BCUT2D eigenvalue weighted by molar-refractivity contribution is 6.32. The molecule has 1 aromatic rings. The van der Waals surface area contributed by atoms with Gasteiger partial charge < -0.3 is 15.4 Å². The van der Waals surface area contributed by atoms with Gasteiger partial charge in [0.25, 0.3) is 0 Å². The third-order valence-corrected chi connectivity index (χ3v) is 2.43. The van der Waals surface area contributed by atoms with Gasteiger partial charge in [0.15, 0.2) is 5.15 Å². The lowest BCUT2D eigenvalue weighted by atomic mass is 10.2. The molecule has 2 N–H and O–H groups in total. The van der Waals surface area contributed by atoms with E-state index in [9.17, 15) is 4.79 Å². The lowest BCUT2D eigenvalue weighted by Crippen LogP contribution is -2.30. The van der Waals surface area contributed by atoms with Crippen molar-refractivity contribution in [3.63, 3.8) is 0 Å². The number of ether oxygens (including phenoxy) is 1. The third-order valence-electron chi connectivity index (χ3n) is 2.15. The van der Waals surface area contributed by atoms with Gasteiger partial charge in [0.1, 0.15) is 0 Å². The first-order valence-electron chi connectivity index (χ1n) is 5.25. The van der Waals surface area contributed by atoms with E-state index >= 15 is 0 Å². The lowest BCUT2D eigenvalue weighted by molar-refractivity contribution is -0.115. The highest BCUT2D eigenvalue weighted by Gasteiger charge is 2.08. The van der Waals surface area contributed by atoms with Crippen LogP contribution in [-0.2, 0) is 9.53 Å². The Hall–Kier alpha value is -1.17. The Balaban J connectivity index is 2.45. The van der Waals surface area contributed by atoms with Crippen molar-refractivity contribution < 1.29 is 9.53 Å². The molecule has 17 heavy (non-hydrogen) atoms. The zero-order chi connectivity index (χ0) is 12.7. The Labute approximate surface area is 106 Å². The van der Waals surface area contributed by atoms with E-state index in [1.807, 2.05) is 6.92 Å². The molecule has 0 spiro atoms. The molecule has 1 aromatic heterocycles. The van der Waals surface area contributed by atoms with E-state index in [0.717, 1.165) is 5.56 Å². The Morgan fingerprint density at radius 1 is 1.59 bits per heavy atom. The summed E-state index contributed by atoms with van der Waals surface area (Å²) in [6.45, 7) is 3.28. The molecule has 0 saturated heterocycles. The van der Waals surface area contributed by atoms with Crippen LogP contribution in [0.3, 0.4) is 0 Å². The largest absolute Gasteiger partial charge is 0.383 e. The molecule has 0 fully saturated rings. The molecule has 5 nitrogen and oxygen atoms in total. The first kappa shape index (κ1) is 13.9. The maximum absolute atomic E-state index is 11.6. The summed E-state index contributed by atoms with van der Waals surface area (Å²) in [5.41, 5.74) is 1.45. The van der Waals surface area contributed by atoms with Crippen molar-refractivity contribution in [3.8, 4) is 0 Å². The lowest BCUT2D eigenvalue weighted by Gasteiger charge is -2.09. The number of halogens is 1. The number of rotatable bonds is 6. The van der Waals surface area contributed by atoms with Gasteiger partial charge in [0, 0.05) is 19.9 Å². The van der Waals surface area contributed by atoms with Crippen LogP contribution in [0.1, 0.15) is 5.56 Å². The molecule has 0 aromatic carbocycles. The second-order valence-electron chi connectivity index (χ2n) is 3.51. The Bertz CT molecular complexity index is 365. The van der Waals surface area contributed by atoms with E-state index in [2.05, 4.69) is 15.6 Å². The van der Waals surface area contributed by atoms with Crippen LogP contribution in [0, 0.1) is 6.92 Å². The van der Waals surface area contributed by atoms with Gasteiger partial charge in [-0.25, -0.2) is 4.98 Å². The van der Waals surface area contributed by atoms with E-state index in [-0.39, 0.29) is 12.5 Å². The van der Waals surface area contributed by atoms with E-state index < -0.39 is 0 Å². The zero-order valence-electron chi connectivity index (χ0n) is 9.92. The van der Waals surface area contributed by atoms with Gasteiger partial charge in [-0.1, -0.05) is 11.6 Å². The van der Waals surface area contributed by atoms with Crippen LogP contribution in [0.5, 0.6) is 0 Å². The number of methoxy groups -OCH3 is 1. The normalized spacial score (nSPS) is 10.3. The van der Waals surface area contributed by atoms with Crippen molar-refractivity contribution in [1.82, 2.24) is 10.3 Å². The molecule has 6 heteroatoms.